The van der Waals surface area contributed by atoms with Crippen molar-refractivity contribution in [2.24, 2.45) is 7.05 Å². The van der Waals surface area contributed by atoms with Gasteiger partial charge in [0.05, 0.1) is 6.33 Å². The Balaban J connectivity index is 1.61. The zero-order valence-corrected chi connectivity index (χ0v) is 15.5. The van der Waals surface area contributed by atoms with E-state index in [0.29, 0.717) is 19.1 Å². The molecule has 0 bridgehead atoms. The van der Waals surface area contributed by atoms with Crippen molar-refractivity contribution in [1.82, 2.24) is 19.2 Å². The van der Waals surface area contributed by atoms with Crippen LogP contribution in [-0.4, -0.2) is 48.5 Å². The minimum absolute atomic E-state index is 0.0292. The number of hydrogen-bond donors (Lipinski definition) is 1. The molecule has 1 N–H and O–H groups in total. The molecule has 1 aliphatic carbocycles. The Morgan fingerprint density at radius 2 is 1.96 bits per heavy atom. The van der Waals surface area contributed by atoms with E-state index < -0.39 is 10.0 Å². The summed E-state index contributed by atoms with van der Waals surface area (Å²) >= 11 is 0. The lowest BCUT2D eigenvalue weighted by molar-refractivity contribution is 0.196. The number of piperidine rings is 1. The number of hydrogen-bond acceptors (Lipinski definition) is 4. The van der Waals surface area contributed by atoms with Crippen LogP contribution < -0.4 is 5.32 Å². The average Bonchev–Trinajstić information content (AvgIpc) is 3.18. The maximum atomic E-state index is 12.8. The molecule has 2 heterocycles. The van der Waals surface area contributed by atoms with E-state index >= 15 is 0 Å². The summed E-state index contributed by atoms with van der Waals surface area (Å²) in [5.74, 6) is 0. The van der Waals surface area contributed by atoms with Gasteiger partial charge in [-0.15, -0.1) is 0 Å². The number of imidazole rings is 1. The first-order chi connectivity index (χ1) is 12.0. The van der Waals surface area contributed by atoms with Gasteiger partial charge in [0.25, 0.3) is 10.0 Å². The Kier molecular flexibility index (Phi) is 3.97. The summed E-state index contributed by atoms with van der Waals surface area (Å²) in [5.41, 5.74) is 2.81. The summed E-state index contributed by atoms with van der Waals surface area (Å²) in [6.07, 6.45) is 5.78. The Hall–Kier alpha value is -1.70. The van der Waals surface area contributed by atoms with Crippen molar-refractivity contribution < 1.29 is 8.42 Å². The molecule has 1 unspecified atom stereocenters. The van der Waals surface area contributed by atoms with Crippen LogP contribution in [0.25, 0.3) is 0 Å². The van der Waals surface area contributed by atoms with Crippen LogP contribution >= 0.6 is 0 Å². The van der Waals surface area contributed by atoms with Crippen LogP contribution in [0, 0.1) is 0 Å². The van der Waals surface area contributed by atoms with Crippen LogP contribution in [0.5, 0.6) is 0 Å². The number of sulfonamides is 1. The molecule has 25 heavy (non-hydrogen) atoms. The van der Waals surface area contributed by atoms with E-state index in [-0.39, 0.29) is 10.4 Å². The summed E-state index contributed by atoms with van der Waals surface area (Å²) in [5, 5.41) is 3.62. The number of nitrogens with zero attached hydrogens (tertiary/aromatic N) is 3. The molecule has 1 aliphatic heterocycles. The van der Waals surface area contributed by atoms with Crippen molar-refractivity contribution in [3.8, 4) is 0 Å². The Morgan fingerprint density at radius 1 is 1.24 bits per heavy atom. The highest BCUT2D eigenvalue weighted by Crippen LogP contribution is 2.46. The SMILES string of the molecule is CNC1Cc2ccccc2C12CCN(S(=O)(=O)c1cn(C)cn1)CC2. The molecule has 134 valence electrons. The van der Waals surface area contributed by atoms with Gasteiger partial charge >= 0.3 is 0 Å². The molecule has 1 aromatic carbocycles. The second kappa shape index (κ2) is 5.93. The maximum absolute atomic E-state index is 12.8. The highest BCUT2D eigenvalue weighted by molar-refractivity contribution is 7.89. The molecule has 1 saturated heterocycles. The average molecular weight is 360 g/mol. The van der Waals surface area contributed by atoms with Gasteiger partial charge in [-0.25, -0.2) is 13.4 Å². The Morgan fingerprint density at radius 3 is 2.60 bits per heavy atom. The number of likely N-dealkylation sites (N-methyl/N-ethyl adjacent to an activating group) is 1. The molecule has 0 amide bonds. The normalized spacial score (nSPS) is 23.0. The number of fused-ring (bicyclic) bond motifs is 2. The van der Waals surface area contributed by atoms with Crippen molar-refractivity contribution in [2.45, 2.75) is 35.7 Å². The molecule has 2 aromatic rings. The van der Waals surface area contributed by atoms with E-state index in [1.807, 2.05) is 7.05 Å². The lowest BCUT2D eigenvalue weighted by Gasteiger charge is -2.43. The highest BCUT2D eigenvalue weighted by Gasteiger charge is 2.49. The van der Waals surface area contributed by atoms with Crippen LogP contribution in [-0.2, 0) is 28.9 Å². The Bertz CT molecular complexity index is 882. The molecule has 2 aliphatic rings. The quantitative estimate of drug-likeness (QED) is 0.896. The third-order valence-electron chi connectivity index (χ3n) is 5.89. The van der Waals surface area contributed by atoms with Crippen molar-refractivity contribution in [3.05, 3.63) is 47.9 Å². The molecule has 6 nitrogen and oxygen atoms in total. The second-order valence-electron chi connectivity index (χ2n) is 7.14. The fraction of sp³-hybridized carbons (Fsp3) is 0.500. The van der Waals surface area contributed by atoms with E-state index in [4.69, 9.17) is 0 Å². The predicted molar refractivity (Wildman–Crippen MR) is 95.9 cm³/mol. The number of aromatic nitrogens is 2. The van der Waals surface area contributed by atoms with Gasteiger partial charge in [0.15, 0.2) is 5.03 Å². The molecule has 1 atom stereocenters. The lowest BCUT2D eigenvalue weighted by Crippen LogP contribution is -2.52. The first-order valence-corrected chi connectivity index (χ1v) is 10.2. The largest absolute Gasteiger partial charge is 0.339 e. The summed E-state index contributed by atoms with van der Waals surface area (Å²) in [6, 6.07) is 8.96. The summed E-state index contributed by atoms with van der Waals surface area (Å²) < 4.78 is 28.9. The molecule has 1 fully saturated rings. The lowest BCUT2D eigenvalue weighted by atomic mass is 9.71. The highest BCUT2D eigenvalue weighted by atomic mass is 32.2. The van der Waals surface area contributed by atoms with Crippen LogP contribution in [0.15, 0.2) is 41.8 Å². The smallest absolute Gasteiger partial charge is 0.262 e. The zero-order valence-electron chi connectivity index (χ0n) is 14.6. The molecule has 1 aromatic heterocycles. The topological polar surface area (TPSA) is 67.2 Å². The summed E-state index contributed by atoms with van der Waals surface area (Å²) in [4.78, 5) is 4.04. The first-order valence-electron chi connectivity index (χ1n) is 8.71. The van der Waals surface area contributed by atoms with E-state index in [1.54, 1.807) is 22.1 Å². The van der Waals surface area contributed by atoms with Crippen molar-refractivity contribution in [1.29, 1.82) is 0 Å². The van der Waals surface area contributed by atoms with Gasteiger partial charge in [0.2, 0.25) is 0 Å². The van der Waals surface area contributed by atoms with Gasteiger partial charge < -0.3 is 9.88 Å². The van der Waals surface area contributed by atoms with E-state index in [1.165, 1.54) is 17.5 Å². The number of aryl methyl sites for hydroxylation is 1. The fourth-order valence-electron chi connectivity index (χ4n) is 4.56. The first kappa shape index (κ1) is 16.8. The third-order valence-corrected chi connectivity index (χ3v) is 7.68. The van der Waals surface area contributed by atoms with Gasteiger partial charge in [-0.05, 0) is 37.4 Å². The van der Waals surface area contributed by atoms with Gasteiger partial charge in [-0.2, -0.15) is 4.31 Å². The van der Waals surface area contributed by atoms with Crippen LogP contribution in [0.3, 0.4) is 0 Å². The van der Waals surface area contributed by atoms with E-state index in [0.717, 1.165) is 19.3 Å². The van der Waals surface area contributed by atoms with Gasteiger partial charge in [0.1, 0.15) is 0 Å². The molecule has 0 radical (unpaired) electrons. The van der Waals surface area contributed by atoms with Gasteiger partial charge in [-0.1, -0.05) is 24.3 Å². The summed E-state index contributed by atoms with van der Waals surface area (Å²) in [6.45, 7) is 1.07. The standard InChI is InChI=1S/C18H24N4O2S/c1-19-16-11-14-5-3-4-6-15(14)18(16)7-9-22(10-8-18)25(23,24)17-12-21(2)13-20-17/h3-6,12-13,16,19H,7-11H2,1-2H3. The molecular formula is C18H24N4O2S. The van der Waals surface area contributed by atoms with E-state index in [9.17, 15) is 8.42 Å². The van der Waals surface area contributed by atoms with Crippen molar-refractivity contribution in [3.63, 3.8) is 0 Å². The van der Waals surface area contributed by atoms with Crippen LogP contribution in [0.2, 0.25) is 0 Å². The van der Waals surface area contributed by atoms with Crippen LogP contribution in [0.4, 0.5) is 0 Å². The second-order valence-corrected chi connectivity index (χ2v) is 9.02. The zero-order chi connectivity index (χ0) is 17.7. The molecule has 1 spiro atoms. The molecular weight excluding hydrogens is 336 g/mol. The van der Waals surface area contributed by atoms with E-state index in [2.05, 4.69) is 34.6 Å². The maximum Gasteiger partial charge on any atom is 0.262 e. The van der Waals surface area contributed by atoms with Crippen molar-refractivity contribution >= 4 is 10.0 Å². The molecule has 4 rings (SSSR count). The number of nitrogens with one attached hydrogen (secondary N) is 1. The minimum Gasteiger partial charge on any atom is -0.339 e. The Labute approximate surface area is 148 Å². The molecule has 7 heteroatoms. The summed E-state index contributed by atoms with van der Waals surface area (Å²) in [7, 11) is 0.283. The monoisotopic (exact) mass is 360 g/mol. The number of rotatable bonds is 3. The third kappa shape index (κ3) is 2.53. The minimum atomic E-state index is -3.51. The van der Waals surface area contributed by atoms with Gasteiger partial charge in [-0.3, -0.25) is 0 Å². The van der Waals surface area contributed by atoms with Crippen molar-refractivity contribution in [2.75, 3.05) is 20.1 Å². The number of benzene rings is 1. The van der Waals surface area contributed by atoms with Crippen LogP contribution in [0.1, 0.15) is 24.0 Å². The predicted octanol–water partition coefficient (Wildman–Crippen LogP) is 1.29. The molecule has 0 saturated carbocycles. The van der Waals surface area contributed by atoms with Gasteiger partial charge in [0, 0.05) is 37.8 Å². The fourth-order valence-corrected chi connectivity index (χ4v) is 5.97.